The summed E-state index contributed by atoms with van der Waals surface area (Å²) >= 11 is 8.15. The summed E-state index contributed by atoms with van der Waals surface area (Å²) in [7, 11) is 1.61. The molecule has 3 heterocycles. The van der Waals surface area contributed by atoms with Crippen molar-refractivity contribution in [3.63, 3.8) is 0 Å². The number of rotatable bonds is 6. The number of amides is 2. The molecule has 0 unspecified atom stereocenters. The minimum absolute atomic E-state index is 0.349. The third-order valence-electron chi connectivity index (χ3n) is 6.23. The van der Waals surface area contributed by atoms with E-state index in [2.05, 4.69) is 19.9 Å². The molecular weight excluding hydrogens is 484 g/mol. The van der Waals surface area contributed by atoms with Crippen LogP contribution in [0.2, 0.25) is 5.02 Å². The van der Waals surface area contributed by atoms with Crippen LogP contribution < -0.4 is 10.1 Å². The van der Waals surface area contributed by atoms with Crippen LogP contribution in [0.4, 0.5) is 0 Å². The molecule has 1 aliphatic heterocycles. The standard InChI is InChI=1S/C26H19ClN4O3S/c1-34-14-6-7-19-17(12-14)21-20(31(19)10-11-35-26-28-8-9-29-26)13-16(15-4-2-3-5-18(15)27)22-23(21)25(33)30-24(22)32/h2-9,12-13H,10-11H2,1H3,(H,28,29)(H,30,32,33). The topological polar surface area (TPSA) is 89.0 Å². The van der Waals surface area contributed by atoms with E-state index in [1.165, 1.54) is 0 Å². The summed E-state index contributed by atoms with van der Waals surface area (Å²) in [5, 5.41) is 5.43. The zero-order chi connectivity index (χ0) is 24.1. The quantitative estimate of drug-likeness (QED) is 0.236. The Morgan fingerprint density at radius 1 is 1.03 bits per heavy atom. The molecule has 0 fully saturated rings. The molecular formula is C26H19ClN4O3S. The van der Waals surface area contributed by atoms with Gasteiger partial charge in [0.2, 0.25) is 0 Å². The molecule has 9 heteroatoms. The molecule has 7 nitrogen and oxygen atoms in total. The number of ether oxygens (including phenoxy) is 1. The lowest BCUT2D eigenvalue weighted by atomic mass is 9.93. The van der Waals surface area contributed by atoms with Gasteiger partial charge in [-0.25, -0.2) is 4.98 Å². The third kappa shape index (κ3) is 3.48. The second-order valence-corrected chi connectivity index (χ2v) is 9.60. The number of halogens is 1. The second kappa shape index (κ2) is 8.48. The average Bonchev–Trinajstić information content (AvgIpc) is 3.56. The molecule has 0 spiro atoms. The highest BCUT2D eigenvalue weighted by atomic mass is 35.5. The van der Waals surface area contributed by atoms with Gasteiger partial charge in [-0.3, -0.25) is 14.9 Å². The number of aromatic amines is 1. The number of aromatic nitrogens is 3. The number of imidazole rings is 1. The maximum atomic E-state index is 13.1. The van der Waals surface area contributed by atoms with Crippen LogP contribution in [0.25, 0.3) is 32.9 Å². The normalized spacial score (nSPS) is 13.0. The van der Waals surface area contributed by atoms with Crippen LogP contribution >= 0.6 is 23.4 Å². The first-order chi connectivity index (χ1) is 17.1. The molecule has 174 valence electrons. The van der Waals surface area contributed by atoms with Gasteiger partial charge in [0, 0.05) is 51.6 Å². The lowest BCUT2D eigenvalue weighted by molar-refractivity contribution is 0.0880. The number of methoxy groups -OCH3 is 1. The van der Waals surface area contributed by atoms with Gasteiger partial charge in [-0.15, -0.1) is 0 Å². The molecule has 2 aromatic heterocycles. The molecule has 0 radical (unpaired) electrons. The summed E-state index contributed by atoms with van der Waals surface area (Å²) in [6.07, 6.45) is 3.52. The molecule has 0 aliphatic carbocycles. The summed E-state index contributed by atoms with van der Waals surface area (Å²) in [6.45, 7) is 0.661. The van der Waals surface area contributed by atoms with Gasteiger partial charge >= 0.3 is 0 Å². The van der Waals surface area contributed by atoms with Crippen molar-refractivity contribution in [1.82, 2.24) is 19.9 Å². The smallest absolute Gasteiger partial charge is 0.259 e. The Hall–Kier alpha value is -3.75. The summed E-state index contributed by atoms with van der Waals surface area (Å²) in [5.41, 5.74) is 3.87. The van der Waals surface area contributed by atoms with E-state index in [4.69, 9.17) is 16.3 Å². The number of nitrogens with zero attached hydrogens (tertiary/aromatic N) is 2. The first kappa shape index (κ1) is 21.8. The van der Waals surface area contributed by atoms with E-state index in [-0.39, 0.29) is 0 Å². The van der Waals surface area contributed by atoms with Crippen molar-refractivity contribution < 1.29 is 14.3 Å². The van der Waals surface area contributed by atoms with E-state index in [1.807, 2.05) is 42.5 Å². The number of carbonyl (C=O) groups excluding carboxylic acids is 2. The monoisotopic (exact) mass is 502 g/mol. The average molecular weight is 503 g/mol. The number of H-pyrrole nitrogens is 1. The van der Waals surface area contributed by atoms with Crippen molar-refractivity contribution in [2.75, 3.05) is 12.9 Å². The number of aryl methyl sites for hydroxylation is 1. The van der Waals surface area contributed by atoms with Crippen LogP contribution in [0.15, 0.2) is 66.1 Å². The van der Waals surface area contributed by atoms with Crippen molar-refractivity contribution in [1.29, 1.82) is 0 Å². The van der Waals surface area contributed by atoms with E-state index >= 15 is 0 Å². The first-order valence-corrected chi connectivity index (χ1v) is 12.3. The fourth-order valence-corrected chi connectivity index (χ4v) is 5.74. The Kier molecular flexibility index (Phi) is 5.27. The van der Waals surface area contributed by atoms with E-state index in [0.717, 1.165) is 32.7 Å². The molecule has 2 N–H and O–H groups in total. The number of benzene rings is 3. The number of hydrogen-bond donors (Lipinski definition) is 2. The molecule has 0 saturated heterocycles. The maximum Gasteiger partial charge on any atom is 0.259 e. The lowest BCUT2D eigenvalue weighted by Crippen LogP contribution is -2.20. The summed E-state index contributed by atoms with van der Waals surface area (Å²) < 4.78 is 7.65. The van der Waals surface area contributed by atoms with Gasteiger partial charge in [-0.2, -0.15) is 0 Å². The predicted octanol–water partition coefficient (Wildman–Crippen LogP) is 5.52. The number of fused-ring (bicyclic) bond motifs is 5. The summed E-state index contributed by atoms with van der Waals surface area (Å²) in [4.78, 5) is 33.5. The molecule has 2 amide bonds. The van der Waals surface area contributed by atoms with Gasteiger partial charge in [0.05, 0.1) is 23.8 Å². The van der Waals surface area contributed by atoms with Gasteiger partial charge in [-0.05, 0) is 35.9 Å². The van der Waals surface area contributed by atoms with Crippen molar-refractivity contribution >= 4 is 57.0 Å². The molecule has 6 rings (SSSR count). The zero-order valence-corrected chi connectivity index (χ0v) is 20.2. The second-order valence-electron chi connectivity index (χ2n) is 8.11. The Labute approximate surface area is 209 Å². The van der Waals surface area contributed by atoms with Crippen LogP contribution in [0.3, 0.4) is 0 Å². The van der Waals surface area contributed by atoms with Crippen molar-refractivity contribution in [3.8, 4) is 16.9 Å². The van der Waals surface area contributed by atoms with Crippen molar-refractivity contribution in [3.05, 3.63) is 77.1 Å². The minimum atomic E-state index is -0.418. The van der Waals surface area contributed by atoms with Crippen LogP contribution in [0.5, 0.6) is 5.75 Å². The van der Waals surface area contributed by atoms with E-state index in [0.29, 0.717) is 39.6 Å². The summed E-state index contributed by atoms with van der Waals surface area (Å²) in [6, 6.07) is 15.1. The number of thioether (sulfide) groups is 1. The van der Waals surface area contributed by atoms with Crippen LogP contribution in [0.1, 0.15) is 20.7 Å². The van der Waals surface area contributed by atoms with Gasteiger partial charge in [0.25, 0.3) is 11.8 Å². The van der Waals surface area contributed by atoms with E-state index in [1.54, 1.807) is 37.3 Å². The Morgan fingerprint density at radius 3 is 2.63 bits per heavy atom. The highest BCUT2D eigenvalue weighted by molar-refractivity contribution is 7.99. The van der Waals surface area contributed by atoms with Crippen LogP contribution in [-0.4, -0.2) is 39.2 Å². The Morgan fingerprint density at radius 2 is 1.86 bits per heavy atom. The molecule has 0 bridgehead atoms. The maximum absolute atomic E-state index is 13.1. The molecule has 3 aromatic carbocycles. The SMILES string of the molecule is COc1ccc2c(c1)c1c3c(c(-c4ccccc4Cl)cc1n2CCSc1ncc[nH]1)C(=O)NC3=O. The van der Waals surface area contributed by atoms with Gasteiger partial charge in [0.1, 0.15) is 5.75 Å². The van der Waals surface area contributed by atoms with Gasteiger partial charge in [0.15, 0.2) is 5.16 Å². The number of hydrogen-bond acceptors (Lipinski definition) is 5. The largest absolute Gasteiger partial charge is 0.497 e. The highest BCUT2D eigenvalue weighted by Crippen LogP contribution is 2.42. The minimum Gasteiger partial charge on any atom is -0.497 e. The summed E-state index contributed by atoms with van der Waals surface area (Å²) in [5.74, 6) is 0.604. The number of nitrogens with one attached hydrogen (secondary N) is 2. The zero-order valence-electron chi connectivity index (χ0n) is 18.6. The van der Waals surface area contributed by atoms with Crippen molar-refractivity contribution in [2.45, 2.75) is 11.7 Å². The van der Waals surface area contributed by atoms with Gasteiger partial charge < -0.3 is 14.3 Å². The highest BCUT2D eigenvalue weighted by Gasteiger charge is 2.35. The molecule has 0 atom stereocenters. The fraction of sp³-hybridized carbons (Fsp3) is 0.115. The van der Waals surface area contributed by atoms with Gasteiger partial charge in [-0.1, -0.05) is 41.6 Å². The van der Waals surface area contributed by atoms with E-state index in [9.17, 15) is 9.59 Å². The molecule has 35 heavy (non-hydrogen) atoms. The van der Waals surface area contributed by atoms with Crippen molar-refractivity contribution in [2.24, 2.45) is 0 Å². The predicted molar refractivity (Wildman–Crippen MR) is 138 cm³/mol. The van der Waals surface area contributed by atoms with Crippen LogP contribution in [-0.2, 0) is 6.54 Å². The lowest BCUT2D eigenvalue weighted by Gasteiger charge is -2.12. The fourth-order valence-electron chi connectivity index (χ4n) is 4.75. The number of imide groups is 1. The molecule has 1 aliphatic rings. The molecule has 5 aromatic rings. The number of carbonyl (C=O) groups is 2. The first-order valence-electron chi connectivity index (χ1n) is 11.0. The Bertz CT molecular complexity index is 1640. The Balaban J connectivity index is 1.65. The molecule has 0 saturated carbocycles. The van der Waals surface area contributed by atoms with E-state index < -0.39 is 11.8 Å². The van der Waals surface area contributed by atoms with Crippen LogP contribution in [0, 0.1) is 0 Å². The third-order valence-corrected chi connectivity index (χ3v) is 7.45.